The Labute approximate surface area is 174 Å². The molecule has 0 radical (unpaired) electrons. The summed E-state index contributed by atoms with van der Waals surface area (Å²) >= 11 is 0. The molecule has 11 heteroatoms. The largest absolute Gasteiger partial charge is 0.483 e. The number of fused-ring (bicyclic) bond motifs is 1. The summed E-state index contributed by atoms with van der Waals surface area (Å²) in [6, 6.07) is 6.56. The number of anilines is 1. The molecule has 0 spiro atoms. The van der Waals surface area contributed by atoms with Crippen LogP contribution in [0.5, 0.6) is 5.75 Å². The lowest BCUT2D eigenvalue weighted by molar-refractivity contribution is -0.153. The van der Waals surface area contributed by atoms with Gasteiger partial charge in [-0.1, -0.05) is 0 Å². The predicted octanol–water partition coefficient (Wildman–Crippen LogP) is 3.02. The predicted molar refractivity (Wildman–Crippen MR) is 102 cm³/mol. The Balaban J connectivity index is 1.48. The van der Waals surface area contributed by atoms with Crippen LogP contribution in [0.25, 0.3) is 0 Å². The van der Waals surface area contributed by atoms with Gasteiger partial charge in [-0.15, -0.1) is 0 Å². The molecule has 3 N–H and O–H groups in total. The van der Waals surface area contributed by atoms with Crippen molar-refractivity contribution >= 4 is 17.4 Å². The minimum Gasteiger partial charge on any atom is -0.483 e. The van der Waals surface area contributed by atoms with Gasteiger partial charge in [-0.05, 0) is 36.8 Å². The zero-order chi connectivity index (χ0) is 22.2. The van der Waals surface area contributed by atoms with Gasteiger partial charge in [-0.3, -0.25) is 9.79 Å². The summed E-state index contributed by atoms with van der Waals surface area (Å²) in [5, 5.41) is 2.60. The molecule has 1 aliphatic heterocycles. The lowest BCUT2D eigenvalue weighted by atomic mass is 10.0. The van der Waals surface area contributed by atoms with Crippen molar-refractivity contribution in [3.63, 3.8) is 0 Å². The summed E-state index contributed by atoms with van der Waals surface area (Å²) in [5.41, 5.74) is 5.61. The van der Waals surface area contributed by atoms with Gasteiger partial charge in [0.1, 0.15) is 29.7 Å². The van der Waals surface area contributed by atoms with Crippen LogP contribution in [-0.2, 0) is 10.3 Å². The maximum absolute atomic E-state index is 14.6. The number of hydrogen-bond donors (Lipinski definition) is 2. The number of ether oxygens (including phenoxy) is 2. The molecule has 1 saturated carbocycles. The second-order valence-electron chi connectivity index (χ2n) is 7.38. The zero-order valence-electron chi connectivity index (χ0n) is 16.1. The Morgan fingerprint density at radius 3 is 2.84 bits per heavy atom. The number of nitrogens with one attached hydrogen (secondary N) is 1. The third kappa shape index (κ3) is 4.61. The van der Waals surface area contributed by atoms with Crippen LogP contribution >= 0.6 is 0 Å². The number of amides is 1. The van der Waals surface area contributed by atoms with Crippen molar-refractivity contribution in [3.05, 3.63) is 53.6 Å². The molecule has 2 heterocycles. The van der Waals surface area contributed by atoms with Gasteiger partial charge in [-0.25, -0.2) is 9.37 Å². The summed E-state index contributed by atoms with van der Waals surface area (Å²) < 4.78 is 61.2. The van der Waals surface area contributed by atoms with E-state index in [0.29, 0.717) is 24.3 Å². The van der Waals surface area contributed by atoms with Crippen LogP contribution in [-0.4, -0.2) is 42.7 Å². The molecule has 0 saturated heterocycles. The first-order chi connectivity index (χ1) is 14.7. The van der Waals surface area contributed by atoms with Crippen molar-refractivity contribution in [2.75, 3.05) is 25.1 Å². The average molecular weight is 438 g/mol. The SMILES string of the molecule is NC1=N[C@@]2(c3cc(NC(=O)c4ccc(OCC(F)(F)F)cn4)ccc3F)C[C@H]2COC1. The van der Waals surface area contributed by atoms with E-state index in [9.17, 15) is 22.4 Å². The fourth-order valence-corrected chi connectivity index (χ4v) is 3.53. The van der Waals surface area contributed by atoms with E-state index in [-0.39, 0.29) is 29.8 Å². The second kappa shape index (κ2) is 7.80. The smallest absolute Gasteiger partial charge is 0.422 e. The molecule has 0 unspecified atom stereocenters. The first-order valence-corrected chi connectivity index (χ1v) is 9.35. The molecule has 31 heavy (non-hydrogen) atoms. The highest BCUT2D eigenvalue weighted by atomic mass is 19.4. The highest BCUT2D eigenvalue weighted by molar-refractivity contribution is 6.02. The highest BCUT2D eigenvalue weighted by Gasteiger charge is 2.58. The number of nitrogens with zero attached hydrogens (tertiary/aromatic N) is 2. The highest BCUT2D eigenvalue weighted by Crippen LogP contribution is 2.57. The number of hydrogen-bond acceptors (Lipinski definition) is 6. The Morgan fingerprint density at radius 2 is 2.13 bits per heavy atom. The average Bonchev–Trinajstić information content (AvgIpc) is 3.42. The first-order valence-electron chi connectivity index (χ1n) is 9.35. The molecule has 2 aromatic rings. The third-order valence-electron chi connectivity index (χ3n) is 5.05. The van der Waals surface area contributed by atoms with Gasteiger partial charge in [0.15, 0.2) is 6.61 Å². The second-order valence-corrected chi connectivity index (χ2v) is 7.38. The lowest BCUT2D eigenvalue weighted by Crippen LogP contribution is -2.21. The van der Waals surface area contributed by atoms with E-state index in [1.807, 2.05) is 0 Å². The van der Waals surface area contributed by atoms with Crippen molar-refractivity contribution < 1.29 is 31.8 Å². The van der Waals surface area contributed by atoms with Crippen LogP contribution in [0.15, 0.2) is 41.5 Å². The van der Waals surface area contributed by atoms with Crippen molar-refractivity contribution in [2.24, 2.45) is 16.6 Å². The van der Waals surface area contributed by atoms with E-state index in [1.54, 1.807) is 0 Å². The molecule has 1 fully saturated rings. The lowest BCUT2D eigenvalue weighted by Gasteiger charge is -2.15. The molecule has 2 aliphatic rings. The van der Waals surface area contributed by atoms with Gasteiger partial charge in [0.05, 0.1) is 18.3 Å². The Bertz CT molecular complexity index is 1030. The topological polar surface area (TPSA) is 98.8 Å². The summed E-state index contributed by atoms with van der Waals surface area (Å²) in [5.74, 6) is -0.922. The van der Waals surface area contributed by atoms with E-state index in [2.05, 4.69) is 20.0 Å². The minimum absolute atomic E-state index is 0.0000826. The van der Waals surface area contributed by atoms with Crippen LogP contribution in [0.4, 0.5) is 23.2 Å². The molecule has 7 nitrogen and oxygen atoms in total. The Kier molecular flexibility index (Phi) is 5.29. The summed E-state index contributed by atoms with van der Waals surface area (Å²) in [7, 11) is 0. The standard InChI is InChI=1S/C20H18F4N4O3/c21-15-3-1-12(5-14(15)19-6-11(19)8-30-9-17(25)28-19)27-18(29)16-4-2-13(7-26-16)31-10-20(22,23)24/h1-5,7,11H,6,8-10H2,(H2,25,28)(H,27,29)/t11-,19-/m0/s1. The van der Waals surface area contributed by atoms with Crippen molar-refractivity contribution in [2.45, 2.75) is 18.1 Å². The minimum atomic E-state index is -4.48. The normalized spacial score (nSPS) is 22.7. The summed E-state index contributed by atoms with van der Waals surface area (Å²) in [6.45, 7) is -0.864. The van der Waals surface area contributed by atoms with Gasteiger partial charge in [0.25, 0.3) is 5.91 Å². The quantitative estimate of drug-likeness (QED) is 0.700. The van der Waals surface area contributed by atoms with E-state index >= 15 is 0 Å². The number of alkyl halides is 3. The number of nitrogens with two attached hydrogens (primary N) is 1. The van der Waals surface area contributed by atoms with Gasteiger partial charge in [-0.2, -0.15) is 13.2 Å². The number of carbonyl (C=O) groups excluding carboxylic acids is 1. The van der Waals surface area contributed by atoms with Crippen LogP contribution in [0.1, 0.15) is 22.5 Å². The van der Waals surface area contributed by atoms with Crippen LogP contribution in [0.2, 0.25) is 0 Å². The van der Waals surface area contributed by atoms with Gasteiger partial charge in [0.2, 0.25) is 0 Å². The maximum atomic E-state index is 14.6. The molecule has 1 aromatic carbocycles. The fraction of sp³-hybridized carbons (Fsp3) is 0.350. The van der Waals surface area contributed by atoms with E-state index in [1.165, 1.54) is 30.3 Å². The van der Waals surface area contributed by atoms with Crippen LogP contribution in [0, 0.1) is 11.7 Å². The number of aromatic nitrogens is 1. The van der Waals surface area contributed by atoms with Crippen molar-refractivity contribution in [1.82, 2.24) is 4.98 Å². The number of rotatable bonds is 5. The number of benzene rings is 1. The number of amidine groups is 1. The molecule has 0 bridgehead atoms. The number of pyridine rings is 1. The van der Waals surface area contributed by atoms with E-state index in [4.69, 9.17) is 10.5 Å². The van der Waals surface area contributed by atoms with Gasteiger partial charge in [0, 0.05) is 17.2 Å². The van der Waals surface area contributed by atoms with Crippen molar-refractivity contribution in [1.29, 1.82) is 0 Å². The molecule has 1 aromatic heterocycles. The Hall–Kier alpha value is -3.21. The van der Waals surface area contributed by atoms with Gasteiger partial charge >= 0.3 is 6.18 Å². The van der Waals surface area contributed by atoms with E-state index in [0.717, 1.165) is 6.20 Å². The van der Waals surface area contributed by atoms with Crippen molar-refractivity contribution in [3.8, 4) is 5.75 Å². The van der Waals surface area contributed by atoms with Gasteiger partial charge < -0.3 is 20.5 Å². The third-order valence-corrected chi connectivity index (χ3v) is 5.05. The molecule has 1 amide bonds. The number of halogens is 4. The molecule has 164 valence electrons. The zero-order valence-corrected chi connectivity index (χ0v) is 16.1. The molecule has 4 rings (SSSR count). The monoisotopic (exact) mass is 438 g/mol. The summed E-state index contributed by atoms with van der Waals surface area (Å²) in [6.07, 6.45) is -2.87. The summed E-state index contributed by atoms with van der Waals surface area (Å²) in [4.78, 5) is 20.7. The first kappa shape index (κ1) is 21.0. The molecular formula is C20H18F4N4O3. The number of aliphatic imine (C=N–C) groups is 1. The fourth-order valence-electron chi connectivity index (χ4n) is 3.53. The Morgan fingerprint density at radius 1 is 1.32 bits per heavy atom. The van der Waals surface area contributed by atoms with Crippen LogP contribution in [0.3, 0.4) is 0 Å². The maximum Gasteiger partial charge on any atom is 0.422 e. The van der Waals surface area contributed by atoms with E-state index < -0.39 is 30.0 Å². The van der Waals surface area contributed by atoms with Crippen LogP contribution < -0.4 is 15.8 Å². The number of carbonyl (C=O) groups is 1. The molecule has 2 atom stereocenters. The molecule has 1 aliphatic carbocycles. The molecular weight excluding hydrogens is 420 g/mol.